The molecule has 3 aromatic carbocycles. The van der Waals surface area contributed by atoms with Gasteiger partial charge in [-0.05, 0) is 17.0 Å². The molecule has 0 saturated carbocycles. The molecule has 3 aromatic rings. The van der Waals surface area contributed by atoms with Crippen molar-refractivity contribution in [3.05, 3.63) is 84.4 Å². The van der Waals surface area contributed by atoms with E-state index < -0.39 is 34.1 Å². The van der Waals surface area contributed by atoms with E-state index in [1.165, 1.54) is 12.1 Å². The van der Waals surface area contributed by atoms with Crippen LogP contribution in [0.15, 0.2) is 83.8 Å². The number of aliphatic hydroxyl groups is 1. The molecule has 0 spiro atoms. The van der Waals surface area contributed by atoms with Gasteiger partial charge in [0, 0.05) is 5.39 Å². The molecule has 0 aliphatic rings. The van der Waals surface area contributed by atoms with Gasteiger partial charge in [0.2, 0.25) is 0 Å². The highest BCUT2D eigenvalue weighted by Crippen LogP contribution is 2.22. The van der Waals surface area contributed by atoms with Gasteiger partial charge in [-0.25, -0.2) is 4.79 Å². The molecule has 0 fully saturated rings. The minimum absolute atomic E-state index is 0.0457. The number of carboxylic acids is 2. The van der Waals surface area contributed by atoms with Gasteiger partial charge < -0.3 is 15.3 Å². The molecule has 0 aromatic heterocycles. The van der Waals surface area contributed by atoms with Crippen LogP contribution in [-0.4, -0.2) is 46.3 Å². The van der Waals surface area contributed by atoms with Crippen LogP contribution in [0.5, 0.6) is 0 Å². The van der Waals surface area contributed by atoms with Crippen LogP contribution in [0, 0.1) is 5.92 Å². The number of hydrogen-bond acceptors (Lipinski definition) is 5. The van der Waals surface area contributed by atoms with Gasteiger partial charge in [-0.1, -0.05) is 78.9 Å². The third kappa shape index (κ3) is 6.75. The summed E-state index contributed by atoms with van der Waals surface area (Å²) < 4.78 is 31.0. The summed E-state index contributed by atoms with van der Waals surface area (Å²) in [4.78, 5) is 21.3. The Kier molecular flexibility index (Phi) is 8.03. The fourth-order valence-corrected chi connectivity index (χ4v) is 3.39. The third-order valence-electron chi connectivity index (χ3n) is 4.20. The van der Waals surface area contributed by atoms with Crippen LogP contribution in [0.1, 0.15) is 5.56 Å². The number of aliphatic hydroxyl groups excluding tert-OH is 1. The second-order valence-corrected chi connectivity index (χ2v) is 7.76. The Hall–Kier alpha value is -3.53. The minimum Gasteiger partial charge on any atom is -0.481 e. The Morgan fingerprint density at radius 1 is 0.806 bits per heavy atom. The summed E-state index contributed by atoms with van der Waals surface area (Å²) in [5.74, 6) is -4.41. The van der Waals surface area contributed by atoms with Crippen LogP contribution < -0.4 is 0 Å². The lowest BCUT2D eigenvalue weighted by atomic mass is 10.0. The maximum absolute atomic E-state index is 11.0. The molecular formula is C22H20O8S. The standard InChI is InChI=1S/C12H12O5.C10H8O3S/c13-10(12(16)17)9(11(14)15)7-6-8-4-2-1-3-5-8;11-14(12,13)10-7-3-5-8-4-1-2-6-9(8)10/h1-7,9-10,13H,(H,14,15)(H,16,17);1-7H,(H,11,12,13). The fraction of sp³-hybridized carbons (Fsp3) is 0.0909. The number of rotatable bonds is 6. The average Bonchev–Trinajstić information content (AvgIpc) is 2.73. The van der Waals surface area contributed by atoms with Crippen molar-refractivity contribution >= 4 is 38.9 Å². The zero-order valence-corrected chi connectivity index (χ0v) is 16.9. The van der Waals surface area contributed by atoms with E-state index in [1.807, 2.05) is 6.07 Å². The van der Waals surface area contributed by atoms with Gasteiger partial charge in [-0.15, -0.1) is 0 Å². The highest BCUT2D eigenvalue weighted by Gasteiger charge is 2.29. The summed E-state index contributed by atoms with van der Waals surface area (Å²) in [7, 11) is -4.13. The predicted molar refractivity (Wildman–Crippen MR) is 114 cm³/mol. The topological polar surface area (TPSA) is 149 Å². The van der Waals surface area contributed by atoms with E-state index in [0.29, 0.717) is 5.39 Å². The minimum atomic E-state index is -4.13. The first-order chi connectivity index (χ1) is 14.6. The Bertz CT molecular complexity index is 1180. The largest absolute Gasteiger partial charge is 0.481 e. The van der Waals surface area contributed by atoms with E-state index in [1.54, 1.807) is 60.7 Å². The Balaban J connectivity index is 0.000000224. The van der Waals surface area contributed by atoms with Gasteiger partial charge in [-0.3, -0.25) is 9.35 Å². The quantitative estimate of drug-likeness (QED) is 0.424. The van der Waals surface area contributed by atoms with E-state index in [2.05, 4.69) is 0 Å². The zero-order chi connectivity index (χ0) is 23.0. The molecule has 0 radical (unpaired) electrons. The summed E-state index contributed by atoms with van der Waals surface area (Å²) in [6.45, 7) is 0. The molecule has 4 N–H and O–H groups in total. The Morgan fingerprint density at radius 3 is 1.97 bits per heavy atom. The third-order valence-corrected chi connectivity index (χ3v) is 5.11. The van der Waals surface area contributed by atoms with Gasteiger partial charge in [0.25, 0.3) is 10.1 Å². The molecule has 0 amide bonds. The van der Waals surface area contributed by atoms with E-state index in [4.69, 9.17) is 14.8 Å². The Morgan fingerprint density at radius 2 is 1.39 bits per heavy atom. The lowest BCUT2D eigenvalue weighted by Gasteiger charge is -2.10. The molecule has 0 saturated heterocycles. The number of aliphatic carboxylic acids is 2. The smallest absolute Gasteiger partial charge is 0.333 e. The molecule has 8 nitrogen and oxygen atoms in total. The monoisotopic (exact) mass is 444 g/mol. The summed E-state index contributed by atoms with van der Waals surface area (Å²) in [5.41, 5.74) is 0.733. The van der Waals surface area contributed by atoms with Crippen LogP contribution in [0.2, 0.25) is 0 Å². The zero-order valence-electron chi connectivity index (χ0n) is 16.1. The summed E-state index contributed by atoms with van der Waals surface area (Å²) >= 11 is 0. The molecule has 31 heavy (non-hydrogen) atoms. The first-order valence-corrected chi connectivity index (χ1v) is 10.4. The lowest BCUT2D eigenvalue weighted by Crippen LogP contribution is -2.33. The first kappa shape index (κ1) is 23.7. The molecule has 162 valence electrons. The maximum atomic E-state index is 11.0. The molecule has 3 rings (SSSR count). The van der Waals surface area contributed by atoms with Gasteiger partial charge in [0.15, 0.2) is 6.10 Å². The molecule has 0 heterocycles. The van der Waals surface area contributed by atoms with Gasteiger partial charge in [0.1, 0.15) is 10.8 Å². The number of carbonyl (C=O) groups is 2. The lowest BCUT2D eigenvalue weighted by molar-refractivity contribution is -0.157. The second kappa shape index (κ2) is 10.5. The molecule has 9 heteroatoms. The van der Waals surface area contributed by atoms with Crippen molar-refractivity contribution in [2.75, 3.05) is 0 Å². The van der Waals surface area contributed by atoms with Gasteiger partial charge >= 0.3 is 11.9 Å². The number of carboxylic acid groups (broad SMARTS) is 2. The van der Waals surface area contributed by atoms with Crippen LogP contribution in [0.25, 0.3) is 16.8 Å². The van der Waals surface area contributed by atoms with Crippen LogP contribution in [-0.2, 0) is 19.7 Å². The van der Waals surface area contributed by atoms with Crippen molar-refractivity contribution < 1.29 is 37.9 Å². The normalized spacial score (nSPS) is 13.2. The predicted octanol–water partition coefficient (Wildman–Crippen LogP) is 2.93. The summed E-state index contributed by atoms with van der Waals surface area (Å²) in [5, 5.41) is 27.9. The molecule has 0 aliphatic heterocycles. The van der Waals surface area contributed by atoms with Crippen LogP contribution >= 0.6 is 0 Å². The molecule has 0 aliphatic carbocycles. The molecule has 2 atom stereocenters. The van der Waals surface area contributed by atoms with Crippen molar-refractivity contribution in [3.8, 4) is 0 Å². The number of hydrogen-bond donors (Lipinski definition) is 4. The van der Waals surface area contributed by atoms with Crippen molar-refractivity contribution in [3.63, 3.8) is 0 Å². The van der Waals surface area contributed by atoms with Crippen molar-refractivity contribution in [1.29, 1.82) is 0 Å². The highest BCUT2D eigenvalue weighted by molar-refractivity contribution is 7.86. The van der Waals surface area contributed by atoms with Crippen LogP contribution in [0.4, 0.5) is 0 Å². The van der Waals surface area contributed by atoms with E-state index >= 15 is 0 Å². The average molecular weight is 444 g/mol. The van der Waals surface area contributed by atoms with Gasteiger partial charge in [0.05, 0.1) is 0 Å². The van der Waals surface area contributed by atoms with E-state index in [-0.39, 0.29) is 4.90 Å². The van der Waals surface area contributed by atoms with E-state index in [9.17, 15) is 23.1 Å². The highest BCUT2D eigenvalue weighted by atomic mass is 32.2. The SMILES string of the molecule is O=C(O)C(O)C(C=Cc1ccccc1)C(=O)O.O=S(=O)(O)c1cccc2ccccc12. The number of benzene rings is 3. The maximum Gasteiger partial charge on any atom is 0.333 e. The molecular weight excluding hydrogens is 424 g/mol. The number of fused-ring (bicyclic) bond motifs is 1. The van der Waals surface area contributed by atoms with E-state index in [0.717, 1.165) is 17.0 Å². The molecule has 0 bridgehead atoms. The van der Waals surface area contributed by atoms with Crippen molar-refractivity contribution in [2.45, 2.75) is 11.0 Å². The Labute approximate surface area is 178 Å². The van der Waals surface area contributed by atoms with Crippen molar-refractivity contribution in [2.24, 2.45) is 5.92 Å². The molecule has 2 unspecified atom stereocenters. The van der Waals surface area contributed by atoms with Gasteiger partial charge in [-0.2, -0.15) is 8.42 Å². The van der Waals surface area contributed by atoms with Crippen LogP contribution in [0.3, 0.4) is 0 Å². The second-order valence-electron chi connectivity index (χ2n) is 6.37. The summed E-state index contributed by atoms with van der Waals surface area (Å²) in [6, 6.07) is 20.6. The van der Waals surface area contributed by atoms with Crippen molar-refractivity contribution in [1.82, 2.24) is 0 Å². The first-order valence-electron chi connectivity index (χ1n) is 8.93. The summed E-state index contributed by atoms with van der Waals surface area (Å²) in [6.07, 6.45) is 0.675. The fourth-order valence-electron chi connectivity index (χ4n) is 2.68.